The Balaban J connectivity index is 2.28. The summed E-state index contributed by atoms with van der Waals surface area (Å²) < 4.78 is 5.41. The standard InChI is InChI=1S/C13H21N3O/c1-9-7-16(8-10(2)15-9)12-6-11(14)4-5-13(12)17-3/h4-6,9-10,15H,7-8,14H2,1-3H3/t9-,10+. The molecule has 0 amide bonds. The highest BCUT2D eigenvalue weighted by atomic mass is 16.5. The normalized spacial score (nSPS) is 24.8. The van der Waals surface area contributed by atoms with Gasteiger partial charge in [-0.05, 0) is 32.0 Å². The van der Waals surface area contributed by atoms with Crippen molar-refractivity contribution in [2.24, 2.45) is 0 Å². The zero-order chi connectivity index (χ0) is 12.4. The summed E-state index contributed by atoms with van der Waals surface area (Å²) in [5.74, 6) is 0.889. The number of piperazine rings is 1. The predicted octanol–water partition coefficient (Wildman–Crippen LogP) is 1.46. The second-order valence-electron chi connectivity index (χ2n) is 4.81. The monoisotopic (exact) mass is 235 g/mol. The zero-order valence-electron chi connectivity index (χ0n) is 10.7. The van der Waals surface area contributed by atoms with Crippen molar-refractivity contribution in [3.8, 4) is 5.75 Å². The molecule has 4 nitrogen and oxygen atoms in total. The third-order valence-corrected chi connectivity index (χ3v) is 3.10. The van der Waals surface area contributed by atoms with Gasteiger partial charge in [0.2, 0.25) is 0 Å². The van der Waals surface area contributed by atoms with Crippen LogP contribution in [0.25, 0.3) is 0 Å². The number of ether oxygens (including phenoxy) is 1. The predicted molar refractivity (Wildman–Crippen MR) is 71.7 cm³/mol. The lowest BCUT2D eigenvalue weighted by Crippen LogP contribution is -2.54. The van der Waals surface area contributed by atoms with Crippen molar-refractivity contribution >= 4 is 11.4 Å². The van der Waals surface area contributed by atoms with Crippen LogP contribution < -0.4 is 20.7 Å². The number of rotatable bonds is 2. The Kier molecular flexibility index (Phi) is 3.43. The molecule has 0 bridgehead atoms. The van der Waals surface area contributed by atoms with E-state index in [1.54, 1.807) is 7.11 Å². The van der Waals surface area contributed by atoms with Crippen LogP contribution in [0.3, 0.4) is 0 Å². The maximum Gasteiger partial charge on any atom is 0.142 e. The second kappa shape index (κ2) is 4.84. The molecule has 1 fully saturated rings. The van der Waals surface area contributed by atoms with Crippen LogP contribution in [0.4, 0.5) is 11.4 Å². The van der Waals surface area contributed by atoms with Crippen molar-refractivity contribution in [2.45, 2.75) is 25.9 Å². The van der Waals surface area contributed by atoms with Gasteiger partial charge in [0.25, 0.3) is 0 Å². The van der Waals surface area contributed by atoms with Crippen molar-refractivity contribution in [3.63, 3.8) is 0 Å². The third kappa shape index (κ3) is 2.64. The first kappa shape index (κ1) is 12.0. The van der Waals surface area contributed by atoms with Gasteiger partial charge in [-0.2, -0.15) is 0 Å². The summed E-state index contributed by atoms with van der Waals surface area (Å²) in [6.45, 7) is 6.34. The molecule has 1 aromatic rings. The lowest BCUT2D eigenvalue weighted by Gasteiger charge is -2.38. The van der Waals surface area contributed by atoms with Gasteiger partial charge in [-0.3, -0.25) is 0 Å². The molecule has 1 saturated heterocycles. The maximum absolute atomic E-state index is 5.86. The fourth-order valence-corrected chi connectivity index (χ4v) is 2.48. The molecule has 0 aliphatic carbocycles. The summed E-state index contributed by atoms with van der Waals surface area (Å²) in [4.78, 5) is 2.33. The summed E-state index contributed by atoms with van der Waals surface area (Å²) in [5, 5.41) is 3.52. The molecule has 94 valence electrons. The summed E-state index contributed by atoms with van der Waals surface area (Å²) in [5.41, 5.74) is 7.73. The largest absolute Gasteiger partial charge is 0.495 e. The fraction of sp³-hybridized carbons (Fsp3) is 0.538. The molecule has 0 saturated carbocycles. The first-order chi connectivity index (χ1) is 8.10. The topological polar surface area (TPSA) is 50.5 Å². The molecular formula is C13H21N3O. The van der Waals surface area contributed by atoms with E-state index in [4.69, 9.17) is 10.5 Å². The molecule has 2 rings (SSSR count). The Morgan fingerprint density at radius 3 is 2.53 bits per heavy atom. The van der Waals surface area contributed by atoms with E-state index >= 15 is 0 Å². The van der Waals surface area contributed by atoms with Gasteiger partial charge < -0.3 is 20.7 Å². The van der Waals surface area contributed by atoms with Crippen molar-refractivity contribution in [3.05, 3.63) is 18.2 Å². The van der Waals surface area contributed by atoms with Crippen LogP contribution >= 0.6 is 0 Å². The van der Waals surface area contributed by atoms with Gasteiger partial charge in [0.1, 0.15) is 5.75 Å². The van der Waals surface area contributed by atoms with Crippen LogP contribution in [0.2, 0.25) is 0 Å². The van der Waals surface area contributed by atoms with E-state index < -0.39 is 0 Å². The van der Waals surface area contributed by atoms with Crippen molar-refractivity contribution in [1.82, 2.24) is 5.32 Å². The molecule has 2 atom stereocenters. The molecule has 4 heteroatoms. The average Bonchev–Trinajstić information content (AvgIpc) is 2.27. The highest BCUT2D eigenvalue weighted by molar-refractivity contribution is 5.65. The van der Waals surface area contributed by atoms with E-state index in [0.717, 1.165) is 30.2 Å². The van der Waals surface area contributed by atoms with Crippen LogP contribution in [0.1, 0.15) is 13.8 Å². The maximum atomic E-state index is 5.86. The van der Waals surface area contributed by atoms with Gasteiger partial charge in [-0.25, -0.2) is 0 Å². The van der Waals surface area contributed by atoms with Gasteiger partial charge in [-0.15, -0.1) is 0 Å². The van der Waals surface area contributed by atoms with E-state index in [1.807, 2.05) is 18.2 Å². The summed E-state index contributed by atoms with van der Waals surface area (Å²) in [6.07, 6.45) is 0. The Morgan fingerprint density at radius 1 is 1.29 bits per heavy atom. The minimum atomic E-state index is 0.477. The van der Waals surface area contributed by atoms with Crippen LogP contribution in [-0.2, 0) is 0 Å². The Bertz CT molecular complexity index is 384. The first-order valence-electron chi connectivity index (χ1n) is 6.04. The summed E-state index contributed by atoms with van der Waals surface area (Å²) >= 11 is 0. The molecule has 0 spiro atoms. The smallest absolute Gasteiger partial charge is 0.142 e. The van der Waals surface area contributed by atoms with E-state index in [0.29, 0.717) is 12.1 Å². The number of benzene rings is 1. The SMILES string of the molecule is COc1ccc(N)cc1N1C[C@@H](C)N[C@@H](C)C1. The molecule has 0 aromatic heterocycles. The number of nitrogen functional groups attached to an aromatic ring is 1. The highest BCUT2D eigenvalue weighted by Gasteiger charge is 2.23. The number of nitrogens with one attached hydrogen (secondary N) is 1. The average molecular weight is 235 g/mol. The quantitative estimate of drug-likeness (QED) is 0.762. The first-order valence-corrected chi connectivity index (χ1v) is 6.04. The Hall–Kier alpha value is -1.42. The Labute approximate surface area is 103 Å². The number of nitrogens with zero attached hydrogens (tertiary/aromatic N) is 1. The van der Waals surface area contributed by atoms with Gasteiger partial charge in [0.15, 0.2) is 0 Å². The Morgan fingerprint density at radius 2 is 1.94 bits per heavy atom. The number of hydrogen-bond donors (Lipinski definition) is 2. The molecule has 1 aromatic carbocycles. The molecule has 17 heavy (non-hydrogen) atoms. The van der Waals surface area contributed by atoms with Crippen LogP contribution in [-0.4, -0.2) is 32.3 Å². The van der Waals surface area contributed by atoms with Crippen LogP contribution in [0, 0.1) is 0 Å². The minimum absolute atomic E-state index is 0.477. The lowest BCUT2D eigenvalue weighted by molar-refractivity contribution is 0.391. The van der Waals surface area contributed by atoms with Crippen molar-refractivity contribution in [2.75, 3.05) is 30.8 Å². The van der Waals surface area contributed by atoms with Gasteiger partial charge in [0.05, 0.1) is 12.8 Å². The molecule has 0 radical (unpaired) electrons. The number of hydrogen-bond acceptors (Lipinski definition) is 4. The van der Waals surface area contributed by atoms with E-state index in [1.165, 1.54) is 0 Å². The molecule has 1 aliphatic rings. The number of anilines is 2. The molecule has 1 heterocycles. The second-order valence-corrected chi connectivity index (χ2v) is 4.81. The number of methoxy groups -OCH3 is 1. The summed E-state index contributed by atoms with van der Waals surface area (Å²) in [6, 6.07) is 6.75. The van der Waals surface area contributed by atoms with Gasteiger partial charge >= 0.3 is 0 Å². The number of nitrogens with two attached hydrogens (primary N) is 1. The zero-order valence-corrected chi connectivity index (χ0v) is 10.7. The molecule has 1 aliphatic heterocycles. The van der Waals surface area contributed by atoms with Gasteiger partial charge in [-0.1, -0.05) is 0 Å². The van der Waals surface area contributed by atoms with Crippen molar-refractivity contribution < 1.29 is 4.74 Å². The van der Waals surface area contributed by atoms with E-state index in [-0.39, 0.29) is 0 Å². The van der Waals surface area contributed by atoms with E-state index in [9.17, 15) is 0 Å². The highest BCUT2D eigenvalue weighted by Crippen LogP contribution is 2.31. The third-order valence-electron chi connectivity index (χ3n) is 3.10. The van der Waals surface area contributed by atoms with Crippen LogP contribution in [0.5, 0.6) is 5.75 Å². The summed E-state index contributed by atoms with van der Waals surface area (Å²) in [7, 11) is 1.70. The molecular weight excluding hydrogens is 214 g/mol. The fourth-order valence-electron chi connectivity index (χ4n) is 2.48. The van der Waals surface area contributed by atoms with Crippen LogP contribution in [0.15, 0.2) is 18.2 Å². The lowest BCUT2D eigenvalue weighted by atomic mass is 10.1. The van der Waals surface area contributed by atoms with Crippen molar-refractivity contribution in [1.29, 1.82) is 0 Å². The molecule has 0 unspecified atom stereocenters. The molecule has 3 N–H and O–H groups in total. The van der Waals surface area contributed by atoms with Gasteiger partial charge in [0, 0.05) is 30.9 Å². The minimum Gasteiger partial charge on any atom is -0.495 e. The van der Waals surface area contributed by atoms with E-state index in [2.05, 4.69) is 24.1 Å².